The molecule has 0 aliphatic heterocycles. The Labute approximate surface area is 70.4 Å². The third kappa shape index (κ3) is 9.12. The smallest absolute Gasteiger partial charge is 0.00885 e. The van der Waals surface area contributed by atoms with Crippen molar-refractivity contribution in [3.05, 3.63) is 0 Å². The Morgan fingerprint density at radius 2 is 1.18 bits per heavy atom. The van der Waals surface area contributed by atoms with Gasteiger partial charge in [-0.2, -0.15) is 0 Å². The van der Waals surface area contributed by atoms with Gasteiger partial charge in [-0.05, 0) is 26.7 Å². The molecule has 0 aliphatic carbocycles. The van der Waals surface area contributed by atoms with Crippen molar-refractivity contribution in [1.82, 2.24) is 0 Å². The molecule has 0 aromatic heterocycles. The van der Waals surface area contributed by atoms with E-state index in [2.05, 4.69) is 23.7 Å². The third-order valence-corrected chi connectivity index (χ3v) is 1.46. The van der Waals surface area contributed by atoms with E-state index in [1.165, 1.54) is 19.3 Å². The molecule has 0 heterocycles. The topological polar surface area (TPSA) is 0 Å². The van der Waals surface area contributed by atoms with Gasteiger partial charge in [0.1, 0.15) is 0 Å². The molecule has 0 bridgehead atoms. The molecule has 0 fully saturated rings. The van der Waals surface area contributed by atoms with E-state index in [-0.39, 0.29) is 0 Å². The predicted molar refractivity (Wildman–Crippen MR) is 50.0 cm³/mol. The highest BCUT2D eigenvalue weighted by Gasteiger charge is 1.84. The Balaban J connectivity index is 2.98. The first-order valence-electron chi connectivity index (χ1n) is 4.21. The summed E-state index contributed by atoms with van der Waals surface area (Å²) in [6.45, 7) is 3.78. The van der Waals surface area contributed by atoms with Crippen molar-refractivity contribution in [2.75, 3.05) is 0 Å². The Hall–Kier alpha value is -0.880. The van der Waals surface area contributed by atoms with E-state index in [1.807, 2.05) is 13.8 Å². The second-order valence-electron chi connectivity index (χ2n) is 2.41. The van der Waals surface area contributed by atoms with Crippen LogP contribution in [-0.2, 0) is 0 Å². The molecule has 0 amide bonds. The van der Waals surface area contributed by atoms with E-state index in [0.29, 0.717) is 0 Å². The first kappa shape index (κ1) is 10.1. The molecule has 0 radical (unpaired) electrons. The second kappa shape index (κ2) is 9.12. The van der Waals surface area contributed by atoms with Gasteiger partial charge in [-0.1, -0.05) is 6.42 Å². The molecule has 60 valence electrons. The summed E-state index contributed by atoms with van der Waals surface area (Å²) in [5.74, 6) is 11.9. The first-order valence-corrected chi connectivity index (χ1v) is 4.21. The van der Waals surface area contributed by atoms with Crippen molar-refractivity contribution >= 4 is 0 Å². The van der Waals surface area contributed by atoms with Crippen molar-refractivity contribution in [3.63, 3.8) is 0 Å². The fourth-order valence-electron chi connectivity index (χ4n) is 0.854. The summed E-state index contributed by atoms with van der Waals surface area (Å²) >= 11 is 0. The van der Waals surface area contributed by atoms with E-state index in [1.54, 1.807) is 0 Å². The molecule has 11 heavy (non-hydrogen) atoms. The molecule has 0 saturated carbocycles. The van der Waals surface area contributed by atoms with E-state index in [4.69, 9.17) is 0 Å². The maximum Gasteiger partial charge on any atom is 0.00885 e. The van der Waals surface area contributed by atoms with E-state index >= 15 is 0 Å². The fraction of sp³-hybridized carbons (Fsp3) is 0.636. The largest absolute Gasteiger partial charge is 0.107 e. The van der Waals surface area contributed by atoms with Gasteiger partial charge in [-0.15, -0.1) is 23.7 Å². The molecule has 0 spiro atoms. The lowest BCUT2D eigenvalue weighted by molar-refractivity contribution is 0.709. The number of unbranched alkanes of at least 4 members (excludes halogenated alkanes) is 4. The summed E-state index contributed by atoms with van der Waals surface area (Å²) in [5, 5.41) is 0. The van der Waals surface area contributed by atoms with Crippen molar-refractivity contribution in [1.29, 1.82) is 0 Å². The molecule has 0 aromatic rings. The lowest BCUT2D eigenvalue weighted by Crippen LogP contribution is -1.74. The molecule has 0 N–H and O–H groups in total. The maximum absolute atomic E-state index is 3.05. The molecule has 0 rings (SSSR count). The van der Waals surface area contributed by atoms with Gasteiger partial charge in [0.25, 0.3) is 0 Å². The van der Waals surface area contributed by atoms with Gasteiger partial charge in [0, 0.05) is 12.8 Å². The Morgan fingerprint density at radius 1 is 0.727 bits per heavy atom. The molecule has 0 unspecified atom stereocenters. The molecular weight excluding hydrogens is 132 g/mol. The maximum atomic E-state index is 3.05. The van der Waals surface area contributed by atoms with E-state index < -0.39 is 0 Å². The molecule has 0 aliphatic rings. The van der Waals surface area contributed by atoms with Crippen LogP contribution < -0.4 is 0 Å². The summed E-state index contributed by atoms with van der Waals surface area (Å²) in [7, 11) is 0. The molecular formula is C11H16. The summed E-state index contributed by atoms with van der Waals surface area (Å²) in [6, 6.07) is 0. The number of hydrogen-bond donors (Lipinski definition) is 0. The highest BCUT2D eigenvalue weighted by Crippen LogP contribution is 2.00. The van der Waals surface area contributed by atoms with Crippen LogP contribution in [-0.4, -0.2) is 0 Å². The van der Waals surface area contributed by atoms with Gasteiger partial charge in [0.05, 0.1) is 0 Å². The van der Waals surface area contributed by atoms with Crippen LogP contribution >= 0.6 is 0 Å². The number of hydrogen-bond acceptors (Lipinski definition) is 0. The summed E-state index contributed by atoms with van der Waals surface area (Å²) < 4.78 is 0. The van der Waals surface area contributed by atoms with E-state index in [0.717, 1.165) is 12.8 Å². The second-order valence-corrected chi connectivity index (χ2v) is 2.41. The predicted octanol–water partition coefficient (Wildman–Crippen LogP) is 2.98. The molecule has 0 heteroatoms. The highest BCUT2D eigenvalue weighted by atomic mass is 13.9. The van der Waals surface area contributed by atoms with Crippen LogP contribution in [0.4, 0.5) is 0 Å². The zero-order valence-electron chi connectivity index (χ0n) is 7.54. The van der Waals surface area contributed by atoms with Crippen LogP contribution in [0.1, 0.15) is 46.0 Å². The summed E-state index contributed by atoms with van der Waals surface area (Å²) in [5.41, 5.74) is 0. The van der Waals surface area contributed by atoms with Gasteiger partial charge in [0.15, 0.2) is 0 Å². The van der Waals surface area contributed by atoms with Crippen LogP contribution in [0, 0.1) is 23.7 Å². The summed E-state index contributed by atoms with van der Waals surface area (Å²) in [4.78, 5) is 0. The fourth-order valence-corrected chi connectivity index (χ4v) is 0.854. The van der Waals surface area contributed by atoms with Gasteiger partial charge >= 0.3 is 0 Å². The number of rotatable bonds is 4. The van der Waals surface area contributed by atoms with Gasteiger partial charge in [-0.3, -0.25) is 0 Å². The zero-order chi connectivity index (χ0) is 8.36. The van der Waals surface area contributed by atoms with E-state index in [9.17, 15) is 0 Å². The molecule has 0 aromatic carbocycles. The van der Waals surface area contributed by atoms with Crippen molar-refractivity contribution < 1.29 is 0 Å². The Morgan fingerprint density at radius 3 is 1.55 bits per heavy atom. The average Bonchev–Trinajstić information content (AvgIpc) is 2.03. The lowest BCUT2D eigenvalue weighted by atomic mass is 10.1. The van der Waals surface area contributed by atoms with Crippen LogP contribution in [0.15, 0.2) is 0 Å². The van der Waals surface area contributed by atoms with Gasteiger partial charge in [-0.25, -0.2) is 0 Å². The van der Waals surface area contributed by atoms with Crippen LogP contribution in [0.25, 0.3) is 0 Å². The van der Waals surface area contributed by atoms with Gasteiger partial charge < -0.3 is 0 Å². The van der Waals surface area contributed by atoms with Crippen LogP contribution in [0.3, 0.4) is 0 Å². The average molecular weight is 148 g/mol. The normalized spacial score (nSPS) is 7.45. The van der Waals surface area contributed by atoms with Crippen molar-refractivity contribution in [3.8, 4) is 23.7 Å². The van der Waals surface area contributed by atoms with Crippen LogP contribution in [0.5, 0.6) is 0 Å². The van der Waals surface area contributed by atoms with Crippen LogP contribution in [0.2, 0.25) is 0 Å². The molecule has 0 nitrogen and oxygen atoms in total. The van der Waals surface area contributed by atoms with Crippen molar-refractivity contribution in [2.45, 2.75) is 46.0 Å². The SMILES string of the molecule is CC#CCCCCCC#CC. The van der Waals surface area contributed by atoms with Gasteiger partial charge in [0.2, 0.25) is 0 Å². The molecule has 0 saturated heterocycles. The zero-order valence-corrected chi connectivity index (χ0v) is 7.54. The minimum atomic E-state index is 1.05. The third-order valence-electron chi connectivity index (χ3n) is 1.46. The summed E-state index contributed by atoms with van der Waals surface area (Å²) in [6.07, 6.45) is 5.83. The molecule has 0 atom stereocenters. The highest BCUT2D eigenvalue weighted by molar-refractivity contribution is 4.95. The van der Waals surface area contributed by atoms with Crippen molar-refractivity contribution in [2.24, 2.45) is 0 Å². The Bertz CT molecular complexity index is 158. The lowest BCUT2D eigenvalue weighted by Gasteiger charge is -1.91. The first-order chi connectivity index (χ1) is 5.41. The monoisotopic (exact) mass is 148 g/mol. The Kier molecular flexibility index (Phi) is 8.39. The quantitative estimate of drug-likeness (QED) is 0.424. The standard InChI is InChI=1S/C11H16/c1-3-5-7-9-11-10-8-6-4-2/h7-11H2,1-2H3. The minimum absolute atomic E-state index is 1.05. The minimum Gasteiger partial charge on any atom is -0.107 e.